The molecule has 2 heteroatoms. The quantitative estimate of drug-likeness (QED) is 0.815. The molecule has 0 heterocycles. The molecule has 88 valence electrons. The van der Waals surface area contributed by atoms with Gasteiger partial charge in [-0.1, -0.05) is 37.6 Å². The van der Waals surface area contributed by atoms with E-state index in [0.717, 1.165) is 18.0 Å². The molecule has 1 fully saturated rings. The van der Waals surface area contributed by atoms with Crippen LogP contribution in [0.25, 0.3) is 0 Å². The van der Waals surface area contributed by atoms with Gasteiger partial charge in [-0.05, 0) is 29.9 Å². The minimum atomic E-state index is 0.137. The summed E-state index contributed by atoms with van der Waals surface area (Å²) < 4.78 is 0. The Morgan fingerprint density at radius 1 is 1.25 bits per heavy atom. The molecular formula is C14H21NO. The highest BCUT2D eigenvalue weighted by Crippen LogP contribution is 2.25. The van der Waals surface area contributed by atoms with Crippen molar-refractivity contribution in [3.05, 3.63) is 35.4 Å². The fraction of sp³-hybridized carbons (Fsp3) is 0.571. The molecule has 0 amide bonds. The van der Waals surface area contributed by atoms with Crippen LogP contribution in [0.1, 0.15) is 37.3 Å². The molecule has 2 N–H and O–H groups in total. The largest absolute Gasteiger partial charge is 0.392 e. The summed E-state index contributed by atoms with van der Waals surface area (Å²) in [5, 5.41) is 12.8. The molecule has 2 rings (SSSR count). The van der Waals surface area contributed by atoms with Crippen LogP contribution in [0.4, 0.5) is 0 Å². The molecule has 1 saturated carbocycles. The second kappa shape index (κ2) is 5.46. The maximum absolute atomic E-state index is 9.23. The first kappa shape index (κ1) is 11.6. The van der Waals surface area contributed by atoms with Crippen LogP contribution in [0.5, 0.6) is 0 Å². The van der Waals surface area contributed by atoms with E-state index >= 15 is 0 Å². The van der Waals surface area contributed by atoms with Gasteiger partial charge in [0.1, 0.15) is 0 Å². The number of rotatable bonds is 4. The fourth-order valence-electron chi connectivity index (χ4n) is 2.57. The van der Waals surface area contributed by atoms with Crippen molar-refractivity contribution >= 4 is 0 Å². The monoisotopic (exact) mass is 219 g/mol. The predicted molar refractivity (Wildman–Crippen MR) is 66.0 cm³/mol. The van der Waals surface area contributed by atoms with E-state index in [1.807, 2.05) is 18.2 Å². The van der Waals surface area contributed by atoms with Crippen LogP contribution < -0.4 is 5.32 Å². The number of hydrogen-bond donors (Lipinski definition) is 2. The molecule has 0 saturated heterocycles. The van der Waals surface area contributed by atoms with Crippen molar-refractivity contribution in [2.24, 2.45) is 5.92 Å². The molecule has 2 unspecified atom stereocenters. The Morgan fingerprint density at radius 3 is 2.62 bits per heavy atom. The van der Waals surface area contributed by atoms with E-state index in [4.69, 9.17) is 0 Å². The SMILES string of the molecule is CC1CCCC1NCc1ccccc1CO. The molecular weight excluding hydrogens is 198 g/mol. The maximum Gasteiger partial charge on any atom is 0.0685 e. The molecule has 0 spiro atoms. The van der Waals surface area contributed by atoms with Crippen molar-refractivity contribution in [2.75, 3.05) is 0 Å². The number of nitrogens with one attached hydrogen (secondary N) is 1. The second-order valence-electron chi connectivity index (χ2n) is 4.82. The first-order valence-corrected chi connectivity index (χ1v) is 6.22. The van der Waals surface area contributed by atoms with Crippen LogP contribution in [0.3, 0.4) is 0 Å². The molecule has 1 aliphatic rings. The van der Waals surface area contributed by atoms with Crippen molar-refractivity contribution in [3.63, 3.8) is 0 Å². The summed E-state index contributed by atoms with van der Waals surface area (Å²) in [6.45, 7) is 3.34. The van der Waals surface area contributed by atoms with Gasteiger partial charge in [0, 0.05) is 12.6 Å². The molecule has 1 aromatic rings. The summed E-state index contributed by atoms with van der Waals surface area (Å²) in [5.41, 5.74) is 2.27. The van der Waals surface area contributed by atoms with Crippen LogP contribution >= 0.6 is 0 Å². The number of benzene rings is 1. The zero-order valence-electron chi connectivity index (χ0n) is 9.95. The highest BCUT2D eigenvalue weighted by atomic mass is 16.3. The Hall–Kier alpha value is -0.860. The first-order chi connectivity index (χ1) is 7.81. The minimum Gasteiger partial charge on any atom is -0.392 e. The molecule has 1 aromatic carbocycles. The van der Waals surface area contributed by atoms with E-state index in [2.05, 4.69) is 18.3 Å². The lowest BCUT2D eigenvalue weighted by Gasteiger charge is -2.18. The van der Waals surface area contributed by atoms with Gasteiger partial charge in [-0.15, -0.1) is 0 Å². The van der Waals surface area contributed by atoms with Gasteiger partial charge in [-0.25, -0.2) is 0 Å². The number of aliphatic hydroxyl groups is 1. The van der Waals surface area contributed by atoms with Crippen LogP contribution in [0.2, 0.25) is 0 Å². The number of aliphatic hydroxyl groups excluding tert-OH is 1. The normalized spacial score (nSPS) is 24.9. The van der Waals surface area contributed by atoms with Gasteiger partial charge >= 0.3 is 0 Å². The van der Waals surface area contributed by atoms with E-state index in [9.17, 15) is 5.11 Å². The lowest BCUT2D eigenvalue weighted by molar-refractivity contribution is 0.280. The van der Waals surface area contributed by atoms with Crippen LogP contribution in [-0.4, -0.2) is 11.1 Å². The summed E-state index contributed by atoms with van der Waals surface area (Å²) in [5.74, 6) is 0.793. The van der Waals surface area contributed by atoms with E-state index in [-0.39, 0.29) is 6.61 Å². The average molecular weight is 219 g/mol. The van der Waals surface area contributed by atoms with E-state index in [0.29, 0.717) is 6.04 Å². The molecule has 16 heavy (non-hydrogen) atoms. The maximum atomic E-state index is 9.23. The predicted octanol–water partition coefficient (Wildman–Crippen LogP) is 2.46. The van der Waals surface area contributed by atoms with Crippen LogP contribution in [-0.2, 0) is 13.2 Å². The summed E-state index contributed by atoms with van der Waals surface area (Å²) in [6, 6.07) is 8.76. The van der Waals surface area contributed by atoms with Crippen molar-refractivity contribution in [3.8, 4) is 0 Å². The fourth-order valence-corrected chi connectivity index (χ4v) is 2.57. The van der Waals surface area contributed by atoms with Gasteiger partial charge in [0.15, 0.2) is 0 Å². The van der Waals surface area contributed by atoms with E-state index in [1.54, 1.807) is 0 Å². The first-order valence-electron chi connectivity index (χ1n) is 6.22. The van der Waals surface area contributed by atoms with Crippen LogP contribution in [0.15, 0.2) is 24.3 Å². The van der Waals surface area contributed by atoms with Gasteiger partial charge in [-0.2, -0.15) is 0 Å². The molecule has 2 nitrogen and oxygen atoms in total. The van der Waals surface area contributed by atoms with Crippen molar-refractivity contribution < 1.29 is 5.11 Å². The third-order valence-electron chi connectivity index (χ3n) is 3.70. The average Bonchev–Trinajstić information content (AvgIpc) is 2.72. The number of hydrogen-bond acceptors (Lipinski definition) is 2. The molecule has 2 atom stereocenters. The smallest absolute Gasteiger partial charge is 0.0685 e. The lowest BCUT2D eigenvalue weighted by Crippen LogP contribution is -2.30. The Labute approximate surface area is 97.7 Å². The lowest BCUT2D eigenvalue weighted by atomic mass is 10.0. The zero-order chi connectivity index (χ0) is 11.4. The Bertz CT molecular complexity index is 337. The zero-order valence-corrected chi connectivity index (χ0v) is 9.95. The van der Waals surface area contributed by atoms with Crippen LogP contribution in [0, 0.1) is 5.92 Å². The highest BCUT2D eigenvalue weighted by Gasteiger charge is 2.22. The van der Waals surface area contributed by atoms with Gasteiger partial charge in [0.05, 0.1) is 6.61 Å². The summed E-state index contributed by atoms with van der Waals surface area (Å²) in [7, 11) is 0. The Balaban J connectivity index is 1.93. The standard InChI is InChI=1S/C14H21NO/c1-11-5-4-8-14(11)15-9-12-6-2-3-7-13(12)10-16/h2-3,6-7,11,14-16H,4-5,8-10H2,1H3. The summed E-state index contributed by atoms with van der Waals surface area (Å²) in [4.78, 5) is 0. The third kappa shape index (κ3) is 2.63. The molecule has 0 radical (unpaired) electrons. The Morgan fingerprint density at radius 2 is 2.00 bits per heavy atom. The topological polar surface area (TPSA) is 32.3 Å². The van der Waals surface area contributed by atoms with Crippen molar-refractivity contribution in [1.29, 1.82) is 0 Å². The molecule has 0 bridgehead atoms. The van der Waals surface area contributed by atoms with Crippen molar-refractivity contribution in [1.82, 2.24) is 5.32 Å². The second-order valence-corrected chi connectivity index (χ2v) is 4.82. The minimum absolute atomic E-state index is 0.137. The summed E-state index contributed by atoms with van der Waals surface area (Å²) >= 11 is 0. The van der Waals surface area contributed by atoms with Gasteiger partial charge in [-0.3, -0.25) is 0 Å². The molecule has 1 aliphatic carbocycles. The molecule has 0 aromatic heterocycles. The van der Waals surface area contributed by atoms with E-state index < -0.39 is 0 Å². The van der Waals surface area contributed by atoms with Gasteiger partial charge in [0.2, 0.25) is 0 Å². The van der Waals surface area contributed by atoms with E-state index in [1.165, 1.54) is 24.8 Å². The highest BCUT2D eigenvalue weighted by molar-refractivity contribution is 5.26. The molecule has 0 aliphatic heterocycles. The Kier molecular flexibility index (Phi) is 3.97. The van der Waals surface area contributed by atoms with Gasteiger partial charge in [0.25, 0.3) is 0 Å². The van der Waals surface area contributed by atoms with Gasteiger partial charge < -0.3 is 10.4 Å². The summed E-state index contributed by atoms with van der Waals surface area (Å²) in [6.07, 6.45) is 3.99. The third-order valence-corrected chi connectivity index (χ3v) is 3.70. The van der Waals surface area contributed by atoms with Crippen molar-refractivity contribution in [2.45, 2.75) is 45.4 Å².